The summed E-state index contributed by atoms with van der Waals surface area (Å²) in [5, 5.41) is 5.30. The third-order valence-corrected chi connectivity index (χ3v) is 3.26. The molecule has 1 aromatic heterocycles. The summed E-state index contributed by atoms with van der Waals surface area (Å²) in [7, 11) is 0. The molecule has 6 nitrogen and oxygen atoms in total. The van der Waals surface area contributed by atoms with Crippen molar-refractivity contribution in [3.63, 3.8) is 0 Å². The molecule has 2 N–H and O–H groups in total. The molecule has 2 heterocycles. The second-order valence-electron chi connectivity index (χ2n) is 4.85. The molecule has 3 rings (SSSR count). The predicted molar refractivity (Wildman–Crippen MR) is 76.4 cm³/mol. The van der Waals surface area contributed by atoms with Gasteiger partial charge in [-0.25, -0.2) is 23.5 Å². The second kappa shape index (κ2) is 5.92. The lowest BCUT2D eigenvalue weighted by Crippen LogP contribution is -2.58. The van der Waals surface area contributed by atoms with E-state index in [0.717, 1.165) is 12.1 Å². The molecule has 0 spiro atoms. The number of amides is 2. The lowest BCUT2D eigenvalue weighted by atomic mass is 10.1. The Labute approximate surface area is 125 Å². The maximum atomic E-state index is 13.5. The van der Waals surface area contributed by atoms with E-state index in [1.54, 1.807) is 18.5 Å². The fraction of sp³-hybridized carbons (Fsp3) is 0.214. The minimum Gasteiger partial charge on any atom is -0.348 e. The quantitative estimate of drug-likeness (QED) is 0.911. The van der Waals surface area contributed by atoms with E-state index < -0.39 is 23.4 Å². The van der Waals surface area contributed by atoms with Gasteiger partial charge in [-0.1, -0.05) is 6.07 Å². The Bertz CT molecular complexity index is 656. The standard InChI is InChI=1S/C14H13F2N5O/c15-10-3-1-4-11(16)12(10)20-14(22)21-7-9(8-21)19-13-17-5-2-6-18-13/h1-6,9H,7-8H2,(H,20,22)(H,17,18,19). The Morgan fingerprint density at radius 1 is 1.14 bits per heavy atom. The number of anilines is 2. The number of urea groups is 1. The van der Waals surface area contributed by atoms with E-state index in [1.165, 1.54) is 11.0 Å². The number of aromatic nitrogens is 2. The van der Waals surface area contributed by atoms with Gasteiger partial charge in [0.1, 0.15) is 17.3 Å². The highest BCUT2D eigenvalue weighted by molar-refractivity contribution is 5.90. The average molecular weight is 305 g/mol. The molecule has 2 aromatic rings. The van der Waals surface area contributed by atoms with E-state index in [2.05, 4.69) is 20.6 Å². The van der Waals surface area contributed by atoms with E-state index in [9.17, 15) is 13.6 Å². The third kappa shape index (κ3) is 2.95. The lowest BCUT2D eigenvalue weighted by Gasteiger charge is -2.39. The molecule has 0 saturated carbocycles. The summed E-state index contributed by atoms with van der Waals surface area (Å²) in [4.78, 5) is 21.4. The van der Waals surface area contributed by atoms with Crippen molar-refractivity contribution in [3.05, 3.63) is 48.3 Å². The van der Waals surface area contributed by atoms with Crippen LogP contribution in [0.4, 0.5) is 25.2 Å². The van der Waals surface area contributed by atoms with Crippen molar-refractivity contribution in [2.45, 2.75) is 6.04 Å². The second-order valence-corrected chi connectivity index (χ2v) is 4.85. The van der Waals surface area contributed by atoms with Crippen molar-refractivity contribution < 1.29 is 13.6 Å². The van der Waals surface area contributed by atoms with Crippen LogP contribution in [0.3, 0.4) is 0 Å². The maximum Gasteiger partial charge on any atom is 0.322 e. The smallest absolute Gasteiger partial charge is 0.322 e. The van der Waals surface area contributed by atoms with Gasteiger partial charge in [0.25, 0.3) is 0 Å². The number of carbonyl (C=O) groups excluding carboxylic acids is 1. The Hall–Kier alpha value is -2.77. The Morgan fingerprint density at radius 2 is 1.77 bits per heavy atom. The summed E-state index contributed by atoms with van der Waals surface area (Å²) in [6, 6.07) is 4.59. The molecule has 1 saturated heterocycles. The molecule has 0 atom stereocenters. The highest BCUT2D eigenvalue weighted by atomic mass is 19.1. The molecule has 8 heteroatoms. The zero-order valence-corrected chi connectivity index (χ0v) is 11.5. The fourth-order valence-electron chi connectivity index (χ4n) is 2.10. The van der Waals surface area contributed by atoms with Gasteiger partial charge < -0.3 is 15.5 Å². The van der Waals surface area contributed by atoms with E-state index >= 15 is 0 Å². The largest absolute Gasteiger partial charge is 0.348 e. The van der Waals surface area contributed by atoms with Crippen LogP contribution in [0.5, 0.6) is 0 Å². The molecular weight excluding hydrogens is 292 g/mol. The van der Waals surface area contributed by atoms with Gasteiger partial charge in [-0.3, -0.25) is 0 Å². The number of carbonyl (C=O) groups is 1. The van der Waals surface area contributed by atoms with Gasteiger partial charge in [-0.2, -0.15) is 0 Å². The monoisotopic (exact) mass is 305 g/mol. The normalized spacial score (nSPS) is 14.4. The minimum atomic E-state index is -0.804. The summed E-state index contributed by atoms with van der Waals surface area (Å²) in [5.41, 5.74) is -0.435. The molecule has 1 fully saturated rings. The van der Waals surface area contributed by atoms with Gasteiger partial charge in [-0.05, 0) is 18.2 Å². The third-order valence-electron chi connectivity index (χ3n) is 3.26. The van der Waals surface area contributed by atoms with Crippen LogP contribution in [0.25, 0.3) is 0 Å². The predicted octanol–water partition coefficient (Wildman–Crippen LogP) is 2.08. The number of halogens is 2. The van der Waals surface area contributed by atoms with Crippen molar-refractivity contribution in [2.24, 2.45) is 0 Å². The molecule has 0 bridgehead atoms. The van der Waals surface area contributed by atoms with Crippen molar-refractivity contribution >= 4 is 17.7 Å². The first kappa shape index (κ1) is 14.2. The van der Waals surface area contributed by atoms with Crippen LogP contribution >= 0.6 is 0 Å². The van der Waals surface area contributed by atoms with Gasteiger partial charge in [0, 0.05) is 25.5 Å². The first-order valence-corrected chi connectivity index (χ1v) is 6.67. The van der Waals surface area contributed by atoms with Crippen LogP contribution in [0.1, 0.15) is 0 Å². The van der Waals surface area contributed by atoms with E-state index in [4.69, 9.17) is 0 Å². The highest BCUT2D eigenvalue weighted by Gasteiger charge is 2.31. The molecule has 1 aliphatic heterocycles. The van der Waals surface area contributed by atoms with Crippen molar-refractivity contribution in [2.75, 3.05) is 23.7 Å². The van der Waals surface area contributed by atoms with Crippen molar-refractivity contribution in [1.29, 1.82) is 0 Å². The molecule has 1 aliphatic rings. The molecular formula is C14H13F2N5O. The number of nitrogens with zero attached hydrogens (tertiary/aromatic N) is 3. The Morgan fingerprint density at radius 3 is 2.41 bits per heavy atom. The van der Waals surface area contributed by atoms with Crippen LogP contribution in [0.2, 0.25) is 0 Å². The summed E-state index contributed by atoms with van der Waals surface area (Å²) < 4.78 is 26.9. The lowest BCUT2D eigenvalue weighted by molar-refractivity contribution is 0.171. The molecule has 114 valence electrons. The number of nitrogens with one attached hydrogen (secondary N) is 2. The van der Waals surface area contributed by atoms with Crippen molar-refractivity contribution in [1.82, 2.24) is 14.9 Å². The van der Waals surface area contributed by atoms with Crippen molar-refractivity contribution in [3.8, 4) is 0 Å². The fourth-order valence-corrected chi connectivity index (χ4v) is 2.10. The SMILES string of the molecule is O=C(Nc1c(F)cccc1F)N1CC(Nc2ncccn2)C1. The van der Waals surface area contributed by atoms with Gasteiger partial charge in [0.15, 0.2) is 0 Å². The summed E-state index contributed by atoms with van der Waals surface area (Å²) in [6.45, 7) is 0.806. The minimum absolute atomic E-state index is 0.0126. The van der Waals surface area contributed by atoms with Crippen LogP contribution in [0, 0.1) is 11.6 Å². The Kier molecular flexibility index (Phi) is 3.82. The average Bonchev–Trinajstić information content (AvgIpc) is 2.47. The first-order valence-electron chi connectivity index (χ1n) is 6.67. The van der Waals surface area contributed by atoms with Crippen LogP contribution < -0.4 is 10.6 Å². The summed E-state index contributed by atoms with van der Waals surface area (Å²) in [6.07, 6.45) is 3.22. The van der Waals surface area contributed by atoms with E-state index in [0.29, 0.717) is 19.0 Å². The topological polar surface area (TPSA) is 70.2 Å². The molecule has 0 unspecified atom stereocenters. The van der Waals surface area contributed by atoms with Crippen LogP contribution in [-0.4, -0.2) is 40.0 Å². The Balaban J connectivity index is 1.53. The number of benzene rings is 1. The maximum absolute atomic E-state index is 13.5. The number of para-hydroxylation sites is 1. The highest BCUT2D eigenvalue weighted by Crippen LogP contribution is 2.20. The van der Waals surface area contributed by atoms with Crippen LogP contribution in [-0.2, 0) is 0 Å². The molecule has 0 aliphatic carbocycles. The molecule has 2 amide bonds. The van der Waals surface area contributed by atoms with E-state index in [1.807, 2.05) is 0 Å². The van der Waals surface area contributed by atoms with Gasteiger partial charge in [0.2, 0.25) is 5.95 Å². The number of hydrogen-bond donors (Lipinski definition) is 2. The number of likely N-dealkylation sites (tertiary alicyclic amines) is 1. The number of rotatable bonds is 3. The zero-order valence-electron chi connectivity index (χ0n) is 11.5. The van der Waals surface area contributed by atoms with Crippen LogP contribution in [0.15, 0.2) is 36.7 Å². The molecule has 22 heavy (non-hydrogen) atoms. The molecule has 1 aromatic carbocycles. The number of hydrogen-bond acceptors (Lipinski definition) is 4. The summed E-state index contributed by atoms with van der Waals surface area (Å²) in [5.74, 6) is -1.13. The first-order chi connectivity index (χ1) is 10.6. The van der Waals surface area contributed by atoms with Gasteiger partial charge in [-0.15, -0.1) is 0 Å². The van der Waals surface area contributed by atoms with Gasteiger partial charge >= 0.3 is 6.03 Å². The summed E-state index contributed by atoms with van der Waals surface area (Å²) >= 11 is 0. The zero-order chi connectivity index (χ0) is 15.5. The van der Waals surface area contributed by atoms with Gasteiger partial charge in [0.05, 0.1) is 6.04 Å². The van der Waals surface area contributed by atoms with E-state index in [-0.39, 0.29) is 6.04 Å². The molecule has 0 radical (unpaired) electrons.